The molecular formula is C15H20N4O2S. The first-order valence-electron chi connectivity index (χ1n) is 7.02. The minimum absolute atomic E-state index is 0.0470. The summed E-state index contributed by atoms with van der Waals surface area (Å²) >= 11 is 1.38. The SMILES string of the molecule is COc1ccccc1CNC(=O)CSc1nncn1C(C)C. The Labute approximate surface area is 134 Å². The van der Waals surface area contributed by atoms with E-state index < -0.39 is 0 Å². The normalized spacial score (nSPS) is 10.7. The summed E-state index contributed by atoms with van der Waals surface area (Å²) in [5.41, 5.74) is 0.952. The summed E-state index contributed by atoms with van der Waals surface area (Å²) in [7, 11) is 1.62. The van der Waals surface area contributed by atoms with Gasteiger partial charge in [-0.1, -0.05) is 30.0 Å². The van der Waals surface area contributed by atoms with E-state index in [9.17, 15) is 4.79 Å². The van der Waals surface area contributed by atoms with Crippen molar-refractivity contribution in [2.45, 2.75) is 31.6 Å². The van der Waals surface area contributed by atoms with Crippen molar-refractivity contribution in [1.82, 2.24) is 20.1 Å². The Balaban J connectivity index is 1.84. The largest absolute Gasteiger partial charge is 0.496 e. The monoisotopic (exact) mass is 320 g/mol. The Morgan fingerprint density at radius 2 is 2.18 bits per heavy atom. The van der Waals surface area contributed by atoms with Crippen LogP contribution in [-0.4, -0.2) is 33.5 Å². The second kappa shape index (κ2) is 7.84. The Kier molecular flexibility index (Phi) is 5.83. The summed E-state index contributed by atoms with van der Waals surface area (Å²) in [6, 6.07) is 7.90. The number of carbonyl (C=O) groups excluding carboxylic acids is 1. The minimum atomic E-state index is -0.0470. The van der Waals surface area contributed by atoms with Gasteiger partial charge >= 0.3 is 0 Å². The maximum Gasteiger partial charge on any atom is 0.230 e. The number of benzene rings is 1. The van der Waals surface area contributed by atoms with Gasteiger partial charge in [-0.05, 0) is 19.9 Å². The third kappa shape index (κ3) is 4.24. The molecule has 6 nitrogen and oxygen atoms in total. The maximum absolute atomic E-state index is 12.0. The zero-order valence-electron chi connectivity index (χ0n) is 12.9. The number of aromatic nitrogens is 3. The summed E-state index contributed by atoms with van der Waals surface area (Å²) in [6.45, 7) is 4.55. The quantitative estimate of drug-likeness (QED) is 0.793. The van der Waals surface area contributed by atoms with Crippen molar-refractivity contribution in [1.29, 1.82) is 0 Å². The van der Waals surface area contributed by atoms with Gasteiger partial charge in [0.15, 0.2) is 5.16 Å². The van der Waals surface area contributed by atoms with Crippen LogP contribution in [0.3, 0.4) is 0 Å². The van der Waals surface area contributed by atoms with Crippen molar-refractivity contribution >= 4 is 17.7 Å². The molecule has 0 radical (unpaired) electrons. The summed E-state index contributed by atoms with van der Waals surface area (Å²) in [5, 5.41) is 11.6. The summed E-state index contributed by atoms with van der Waals surface area (Å²) in [4.78, 5) is 12.0. The lowest BCUT2D eigenvalue weighted by molar-refractivity contribution is -0.118. The molecule has 0 aliphatic heterocycles. The van der Waals surface area contributed by atoms with E-state index in [-0.39, 0.29) is 11.9 Å². The fourth-order valence-corrected chi connectivity index (χ4v) is 2.79. The van der Waals surface area contributed by atoms with Gasteiger partial charge in [-0.25, -0.2) is 0 Å². The van der Waals surface area contributed by atoms with Crippen LogP contribution in [0.25, 0.3) is 0 Å². The van der Waals surface area contributed by atoms with E-state index in [1.807, 2.05) is 28.8 Å². The van der Waals surface area contributed by atoms with Crippen LogP contribution in [0.2, 0.25) is 0 Å². The highest BCUT2D eigenvalue weighted by atomic mass is 32.2. The third-order valence-electron chi connectivity index (χ3n) is 3.10. The maximum atomic E-state index is 12.0. The van der Waals surface area contributed by atoms with Gasteiger partial charge in [-0.3, -0.25) is 4.79 Å². The topological polar surface area (TPSA) is 69.0 Å². The molecule has 1 aromatic heterocycles. The van der Waals surface area contributed by atoms with Gasteiger partial charge in [0.1, 0.15) is 12.1 Å². The van der Waals surface area contributed by atoms with E-state index in [2.05, 4.69) is 29.4 Å². The zero-order valence-corrected chi connectivity index (χ0v) is 13.8. The lowest BCUT2D eigenvalue weighted by Crippen LogP contribution is -2.25. The molecule has 1 amide bonds. The number of ether oxygens (including phenoxy) is 1. The minimum Gasteiger partial charge on any atom is -0.496 e. The Morgan fingerprint density at radius 1 is 1.41 bits per heavy atom. The molecule has 0 unspecified atom stereocenters. The number of hydrogen-bond donors (Lipinski definition) is 1. The average molecular weight is 320 g/mol. The molecule has 1 N–H and O–H groups in total. The van der Waals surface area contributed by atoms with Gasteiger partial charge in [0, 0.05) is 18.2 Å². The molecule has 0 saturated carbocycles. The Bertz CT molecular complexity index is 628. The lowest BCUT2D eigenvalue weighted by atomic mass is 10.2. The second-order valence-corrected chi connectivity index (χ2v) is 5.93. The predicted molar refractivity (Wildman–Crippen MR) is 86.0 cm³/mol. The van der Waals surface area contributed by atoms with Crippen molar-refractivity contribution < 1.29 is 9.53 Å². The summed E-state index contributed by atoms with van der Waals surface area (Å²) < 4.78 is 7.20. The molecule has 118 valence electrons. The highest BCUT2D eigenvalue weighted by Gasteiger charge is 2.11. The van der Waals surface area contributed by atoms with Crippen LogP contribution in [0.5, 0.6) is 5.75 Å². The third-order valence-corrected chi connectivity index (χ3v) is 4.05. The number of methoxy groups -OCH3 is 1. The van der Waals surface area contributed by atoms with Crippen LogP contribution >= 0.6 is 11.8 Å². The number of thioether (sulfide) groups is 1. The highest BCUT2D eigenvalue weighted by Crippen LogP contribution is 2.19. The molecular weight excluding hydrogens is 300 g/mol. The van der Waals surface area contributed by atoms with Crippen molar-refractivity contribution in [3.63, 3.8) is 0 Å². The molecule has 1 heterocycles. The second-order valence-electron chi connectivity index (χ2n) is 4.99. The molecule has 0 atom stereocenters. The van der Waals surface area contributed by atoms with Crippen LogP contribution in [0.1, 0.15) is 25.5 Å². The first-order chi connectivity index (χ1) is 10.6. The molecule has 0 saturated heterocycles. The first-order valence-corrected chi connectivity index (χ1v) is 8.01. The Hall–Kier alpha value is -2.02. The predicted octanol–water partition coefficient (Wildman–Crippen LogP) is 2.28. The van der Waals surface area contributed by atoms with Gasteiger partial charge in [0.05, 0.1) is 12.9 Å². The van der Waals surface area contributed by atoms with E-state index in [1.54, 1.807) is 13.4 Å². The molecule has 22 heavy (non-hydrogen) atoms. The molecule has 0 spiro atoms. The number of para-hydroxylation sites is 1. The summed E-state index contributed by atoms with van der Waals surface area (Å²) in [6.07, 6.45) is 1.68. The van der Waals surface area contributed by atoms with Gasteiger partial charge in [-0.15, -0.1) is 10.2 Å². The van der Waals surface area contributed by atoms with Crippen LogP contribution in [-0.2, 0) is 11.3 Å². The number of hydrogen-bond acceptors (Lipinski definition) is 5. The van der Waals surface area contributed by atoms with E-state index >= 15 is 0 Å². The fraction of sp³-hybridized carbons (Fsp3) is 0.400. The van der Waals surface area contributed by atoms with Crippen LogP contribution in [0, 0.1) is 0 Å². The Morgan fingerprint density at radius 3 is 2.91 bits per heavy atom. The van der Waals surface area contributed by atoms with Crippen molar-refractivity contribution in [3.05, 3.63) is 36.2 Å². The number of nitrogens with one attached hydrogen (secondary N) is 1. The number of amides is 1. The van der Waals surface area contributed by atoms with E-state index in [0.29, 0.717) is 12.3 Å². The highest BCUT2D eigenvalue weighted by molar-refractivity contribution is 7.99. The molecule has 0 bridgehead atoms. The van der Waals surface area contributed by atoms with Crippen LogP contribution < -0.4 is 10.1 Å². The van der Waals surface area contributed by atoms with Gasteiger partial charge < -0.3 is 14.6 Å². The zero-order chi connectivity index (χ0) is 15.9. The molecule has 7 heteroatoms. The number of nitrogens with zero attached hydrogens (tertiary/aromatic N) is 3. The molecule has 0 aliphatic carbocycles. The fourth-order valence-electron chi connectivity index (χ4n) is 1.91. The molecule has 2 rings (SSSR count). The number of carbonyl (C=O) groups is 1. The van der Waals surface area contributed by atoms with Gasteiger partial charge in [0.25, 0.3) is 0 Å². The molecule has 2 aromatic rings. The number of rotatable bonds is 7. The van der Waals surface area contributed by atoms with Crippen molar-refractivity contribution in [3.8, 4) is 5.75 Å². The smallest absolute Gasteiger partial charge is 0.230 e. The van der Waals surface area contributed by atoms with Crippen molar-refractivity contribution in [2.24, 2.45) is 0 Å². The lowest BCUT2D eigenvalue weighted by Gasteiger charge is -2.10. The standard InChI is InChI=1S/C15H20N4O2S/c1-11(2)19-10-17-18-15(19)22-9-14(20)16-8-12-6-4-5-7-13(12)21-3/h4-7,10-11H,8-9H2,1-3H3,(H,16,20). The van der Waals surface area contributed by atoms with Gasteiger partial charge in [0.2, 0.25) is 5.91 Å². The molecule has 0 fully saturated rings. The van der Waals surface area contributed by atoms with Gasteiger partial charge in [-0.2, -0.15) is 0 Å². The first kappa shape index (κ1) is 16.4. The van der Waals surface area contributed by atoms with Crippen LogP contribution in [0.15, 0.2) is 35.7 Å². The summed E-state index contributed by atoms with van der Waals surface area (Å²) in [5.74, 6) is 1.03. The average Bonchev–Trinajstić information content (AvgIpc) is 3.00. The van der Waals surface area contributed by atoms with Crippen molar-refractivity contribution in [2.75, 3.05) is 12.9 Å². The molecule has 1 aromatic carbocycles. The molecule has 0 aliphatic rings. The van der Waals surface area contributed by atoms with E-state index in [1.165, 1.54) is 11.8 Å². The van der Waals surface area contributed by atoms with E-state index in [4.69, 9.17) is 4.74 Å². The van der Waals surface area contributed by atoms with E-state index in [0.717, 1.165) is 16.5 Å². The van der Waals surface area contributed by atoms with Crippen LogP contribution in [0.4, 0.5) is 0 Å².